The maximum Gasteiger partial charge on any atom is 0.0578 e. The lowest BCUT2D eigenvalue weighted by Gasteiger charge is -2.36. The fourth-order valence-electron chi connectivity index (χ4n) is 2.13. The van der Waals surface area contributed by atoms with Gasteiger partial charge >= 0.3 is 0 Å². The molecule has 0 heterocycles. The molecule has 0 radical (unpaired) electrons. The molecule has 16 heavy (non-hydrogen) atoms. The molecular formula is C14H16ClN. The monoisotopic (exact) mass is 233 g/mol. The van der Waals surface area contributed by atoms with Gasteiger partial charge in [-0.1, -0.05) is 35.7 Å². The Kier molecular flexibility index (Phi) is 3.88. The van der Waals surface area contributed by atoms with Crippen LogP contribution in [0.2, 0.25) is 5.02 Å². The largest absolute Gasteiger partial charge is 0.303 e. The minimum atomic E-state index is 0.613. The third-order valence-electron chi connectivity index (χ3n) is 3.14. The van der Waals surface area contributed by atoms with Crippen LogP contribution in [0.3, 0.4) is 0 Å². The van der Waals surface area contributed by atoms with Crippen molar-refractivity contribution in [1.82, 2.24) is 5.32 Å². The fraction of sp³-hybridized carbons (Fsp3) is 0.429. The molecule has 0 amide bonds. The smallest absolute Gasteiger partial charge is 0.0578 e. The first-order valence-electron chi connectivity index (χ1n) is 5.68. The summed E-state index contributed by atoms with van der Waals surface area (Å²) in [7, 11) is 0. The van der Waals surface area contributed by atoms with Crippen LogP contribution < -0.4 is 5.32 Å². The van der Waals surface area contributed by atoms with E-state index in [1.165, 1.54) is 18.4 Å². The number of benzene rings is 1. The van der Waals surface area contributed by atoms with E-state index in [0.29, 0.717) is 12.0 Å². The molecule has 1 aliphatic carbocycles. The van der Waals surface area contributed by atoms with Gasteiger partial charge in [0.05, 0.1) is 6.54 Å². The van der Waals surface area contributed by atoms with Crippen LogP contribution in [0.4, 0.5) is 0 Å². The first-order valence-corrected chi connectivity index (χ1v) is 6.06. The van der Waals surface area contributed by atoms with Gasteiger partial charge in [-0.3, -0.25) is 0 Å². The highest BCUT2D eigenvalue weighted by Gasteiger charge is 2.30. The zero-order valence-corrected chi connectivity index (χ0v) is 10.2. The van der Waals surface area contributed by atoms with Crippen molar-refractivity contribution >= 4 is 11.6 Å². The summed E-state index contributed by atoms with van der Waals surface area (Å²) in [5.74, 6) is 6.54. The summed E-state index contributed by atoms with van der Waals surface area (Å²) in [5, 5.41) is 4.32. The fourth-order valence-corrected chi connectivity index (χ4v) is 2.42. The predicted molar refractivity (Wildman–Crippen MR) is 68.7 cm³/mol. The number of halogens is 1. The van der Waals surface area contributed by atoms with Crippen LogP contribution >= 0.6 is 11.6 Å². The van der Waals surface area contributed by atoms with E-state index >= 15 is 0 Å². The third-order valence-corrected chi connectivity index (χ3v) is 3.48. The molecule has 1 saturated carbocycles. The topological polar surface area (TPSA) is 12.0 Å². The Labute approximate surface area is 102 Å². The summed E-state index contributed by atoms with van der Waals surface area (Å²) in [6, 6.07) is 8.76. The second kappa shape index (κ2) is 5.39. The molecule has 0 aromatic heterocycles. The minimum Gasteiger partial charge on any atom is -0.303 e. The Hall–Kier alpha value is -0.970. The molecule has 1 aromatic carbocycles. The van der Waals surface area contributed by atoms with E-state index in [9.17, 15) is 0 Å². The summed E-state index contributed by atoms with van der Waals surface area (Å²) in [6.45, 7) is 2.67. The molecular weight excluding hydrogens is 218 g/mol. The first kappa shape index (κ1) is 11.5. The SMILES string of the molecule is CC#CCNC1CC(c2ccccc2Cl)C1. The Morgan fingerprint density at radius 3 is 2.81 bits per heavy atom. The zero-order valence-electron chi connectivity index (χ0n) is 9.46. The van der Waals surface area contributed by atoms with Gasteiger partial charge in [0, 0.05) is 11.1 Å². The van der Waals surface area contributed by atoms with E-state index in [4.69, 9.17) is 11.6 Å². The van der Waals surface area contributed by atoms with Crippen LogP contribution in [0.15, 0.2) is 24.3 Å². The summed E-state index contributed by atoms with van der Waals surface area (Å²) >= 11 is 6.16. The Morgan fingerprint density at radius 1 is 1.38 bits per heavy atom. The normalized spacial score (nSPS) is 23.1. The molecule has 1 aromatic rings. The molecule has 1 N–H and O–H groups in total. The molecule has 1 fully saturated rings. The lowest BCUT2D eigenvalue weighted by molar-refractivity contribution is 0.301. The van der Waals surface area contributed by atoms with Gasteiger partial charge in [-0.25, -0.2) is 0 Å². The Morgan fingerprint density at radius 2 is 2.12 bits per heavy atom. The lowest BCUT2D eigenvalue weighted by atomic mass is 9.76. The van der Waals surface area contributed by atoms with Crippen molar-refractivity contribution in [2.45, 2.75) is 31.7 Å². The second-order valence-electron chi connectivity index (χ2n) is 4.19. The van der Waals surface area contributed by atoms with Crippen LogP contribution in [-0.2, 0) is 0 Å². The van der Waals surface area contributed by atoms with Gasteiger partial charge in [-0.2, -0.15) is 0 Å². The van der Waals surface area contributed by atoms with Crippen molar-refractivity contribution in [3.8, 4) is 11.8 Å². The maximum atomic E-state index is 6.16. The zero-order chi connectivity index (χ0) is 11.4. The van der Waals surface area contributed by atoms with E-state index in [0.717, 1.165) is 11.6 Å². The maximum absolute atomic E-state index is 6.16. The lowest BCUT2D eigenvalue weighted by Crippen LogP contribution is -2.40. The molecule has 2 heteroatoms. The summed E-state index contributed by atoms with van der Waals surface area (Å²) in [6.07, 6.45) is 2.35. The highest BCUT2D eigenvalue weighted by Crippen LogP contribution is 2.39. The van der Waals surface area contributed by atoms with Gasteiger partial charge < -0.3 is 5.32 Å². The van der Waals surface area contributed by atoms with Gasteiger partial charge in [0.15, 0.2) is 0 Å². The molecule has 0 spiro atoms. The van der Waals surface area contributed by atoms with E-state index in [1.54, 1.807) is 0 Å². The van der Waals surface area contributed by atoms with E-state index in [1.807, 2.05) is 19.1 Å². The molecule has 2 rings (SSSR count). The Bertz CT molecular complexity index is 410. The van der Waals surface area contributed by atoms with Gasteiger partial charge in [0.25, 0.3) is 0 Å². The van der Waals surface area contributed by atoms with Gasteiger partial charge in [-0.15, -0.1) is 5.92 Å². The van der Waals surface area contributed by atoms with Crippen LogP contribution in [0.1, 0.15) is 31.2 Å². The summed E-state index contributed by atoms with van der Waals surface area (Å²) in [5.41, 5.74) is 1.30. The number of hydrogen-bond acceptors (Lipinski definition) is 1. The standard InChI is InChI=1S/C14H16ClN/c1-2-3-8-16-12-9-11(10-12)13-6-4-5-7-14(13)15/h4-7,11-12,16H,8-10H2,1H3. The quantitative estimate of drug-likeness (QED) is 0.791. The number of rotatable bonds is 3. The summed E-state index contributed by atoms with van der Waals surface area (Å²) in [4.78, 5) is 0. The molecule has 0 atom stereocenters. The average molecular weight is 234 g/mol. The van der Waals surface area contributed by atoms with E-state index in [-0.39, 0.29) is 0 Å². The highest BCUT2D eigenvalue weighted by atomic mass is 35.5. The molecule has 0 bridgehead atoms. The van der Waals surface area contributed by atoms with Gasteiger partial charge in [-0.05, 0) is 37.3 Å². The highest BCUT2D eigenvalue weighted by molar-refractivity contribution is 6.31. The Balaban J connectivity index is 1.84. The predicted octanol–water partition coefficient (Wildman–Crippen LogP) is 3.20. The third kappa shape index (κ3) is 2.58. The first-order chi connectivity index (χ1) is 7.81. The van der Waals surface area contributed by atoms with Crippen LogP contribution in [0, 0.1) is 11.8 Å². The van der Waals surface area contributed by atoms with Crippen LogP contribution in [0.5, 0.6) is 0 Å². The average Bonchev–Trinajstić information content (AvgIpc) is 2.23. The van der Waals surface area contributed by atoms with Crippen LogP contribution in [0.25, 0.3) is 0 Å². The molecule has 1 aliphatic rings. The van der Waals surface area contributed by atoms with Gasteiger partial charge in [0.2, 0.25) is 0 Å². The van der Waals surface area contributed by atoms with Crippen molar-refractivity contribution in [3.05, 3.63) is 34.9 Å². The van der Waals surface area contributed by atoms with E-state index in [2.05, 4.69) is 29.3 Å². The van der Waals surface area contributed by atoms with Crippen molar-refractivity contribution in [3.63, 3.8) is 0 Å². The van der Waals surface area contributed by atoms with Crippen LogP contribution in [-0.4, -0.2) is 12.6 Å². The molecule has 0 unspecified atom stereocenters. The molecule has 0 saturated heterocycles. The van der Waals surface area contributed by atoms with Crippen molar-refractivity contribution in [1.29, 1.82) is 0 Å². The van der Waals surface area contributed by atoms with Gasteiger partial charge in [0.1, 0.15) is 0 Å². The molecule has 0 aliphatic heterocycles. The van der Waals surface area contributed by atoms with Crippen molar-refractivity contribution in [2.75, 3.05) is 6.54 Å². The molecule has 1 nitrogen and oxygen atoms in total. The van der Waals surface area contributed by atoms with Crippen molar-refractivity contribution in [2.24, 2.45) is 0 Å². The number of hydrogen-bond donors (Lipinski definition) is 1. The second-order valence-corrected chi connectivity index (χ2v) is 4.60. The summed E-state index contributed by atoms with van der Waals surface area (Å²) < 4.78 is 0. The van der Waals surface area contributed by atoms with Crippen molar-refractivity contribution < 1.29 is 0 Å². The minimum absolute atomic E-state index is 0.613. The molecule has 84 valence electrons. The van der Waals surface area contributed by atoms with E-state index < -0.39 is 0 Å². The number of nitrogens with one attached hydrogen (secondary N) is 1.